The summed E-state index contributed by atoms with van der Waals surface area (Å²) in [5.41, 5.74) is 8.77. The summed E-state index contributed by atoms with van der Waals surface area (Å²) in [5, 5.41) is 0. The van der Waals surface area contributed by atoms with Gasteiger partial charge in [0.2, 0.25) is 0 Å². The Labute approximate surface area is 100 Å². The Morgan fingerprint density at radius 2 is 1.94 bits per heavy atom. The van der Waals surface area contributed by atoms with Crippen LogP contribution in [0.3, 0.4) is 0 Å². The molecule has 2 N–H and O–H groups in total. The molecule has 0 aromatic carbocycles. The van der Waals surface area contributed by atoms with E-state index >= 15 is 0 Å². The van der Waals surface area contributed by atoms with Crippen LogP contribution in [0.5, 0.6) is 0 Å². The number of hydrogen-bond donors (Lipinski definition) is 1. The quantitative estimate of drug-likeness (QED) is 0.730. The van der Waals surface area contributed by atoms with Gasteiger partial charge in [0.05, 0.1) is 6.61 Å². The molecule has 0 spiro atoms. The van der Waals surface area contributed by atoms with E-state index in [2.05, 4.69) is 13.8 Å². The molecule has 0 aromatic rings. The summed E-state index contributed by atoms with van der Waals surface area (Å²) in [6.07, 6.45) is 6.13. The first kappa shape index (κ1) is 13.7. The smallest absolute Gasteiger partial charge is 0.0675 e. The topological polar surface area (TPSA) is 35.2 Å². The normalized spacial score (nSPS) is 25.9. The van der Waals surface area contributed by atoms with E-state index in [0.717, 1.165) is 37.8 Å². The summed E-state index contributed by atoms with van der Waals surface area (Å²) >= 11 is 0. The van der Waals surface area contributed by atoms with Crippen LogP contribution >= 0.6 is 0 Å². The second kappa shape index (κ2) is 7.08. The first-order valence-electron chi connectivity index (χ1n) is 6.56. The van der Waals surface area contributed by atoms with E-state index in [-0.39, 0.29) is 0 Å². The number of methoxy groups -OCH3 is 1. The van der Waals surface area contributed by atoms with Gasteiger partial charge in [-0.1, -0.05) is 19.4 Å². The van der Waals surface area contributed by atoms with Gasteiger partial charge in [0, 0.05) is 7.11 Å². The molecular formula is C14H27NO. The van der Waals surface area contributed by atoms with Gasteiger partial charge >= 0.3 is 0 Å². The zero-order valence-electron chi connectivity index (χ0n) is 11.1. The van der Waals surface area contributed by atoms with Crippen molar-refractivity contribution in [1.29, 1.82) is 0 Å². The summed E-state index contributed by atoms with van der Waals surface area (Å²) in [4.78, 5) is 0. The van der Waals surface area contributed by atoms with Gasteiger partial charge in [-0.3, -0.25) is 0 Å². The number of rotatable bonds is 5. The molecule has 0 aromatic heterocycles. The van der Waals surface area contributed by atoms with E-state index in [4.69, 9.17) is 10.5 Å². The average molecular weight is 225 g/mol. The van der Waals surface area contributed by atoms with Crippen LogP contribution in [0.25, 0.3) is 0 Å². The minimum atomic E-state index is 0.783. The van der Waals surface area contributed by atoms with Gasteiger partial charge in [-0.2, -0.15) is 0 Å². The monoisotopic (exact) mass is 225 g/mol. The molecule has 0 saturated heterocycles. The van der Waals surface area contributed by atoms with Crippen LogP contribution in [-0.4, -0.2) is 20.3 Å². The van der Waals surface area contributed by atoms with E-state index in [1.54, 1.807) is 12.7 Å². The second-order valence-corrected chi connectivity index (χ2v) is 5.39. The van der Waals surface area contributed by atoms with Gasteiger partial charge in [-0.25, -0.2) is 0 Å². The van der Waals surface area contributed by atoms with Crippen molar-refractivity contribution in [3.8, 4) is 0 Å². The Kier molecular flexibility index (Phi) is 6.07. The minimum absolute atomic E-state index is 0.783. The maximum atomic E-state index is 5.59. The molecular weight excluding hydrogens is 198 g/mol. The molecule has 0 amide bonds. The first-order chi connectivity index (χ1) is 7.67. The average Bonchev–Trinajstić information content (AvgIpc) is 2.22. The Morgan fingerprint density at radius 3 is 2.44 bits per heavy atom. The zero-order chi connectivity index (χ0) is 12.0. The highest BCUT2D eigenvalue weighted by Gasteiger charge is 2.21. The van der Waals surface area contributed by atoms with E-state index in [9.17, 15) is 0 Å². The molecule has 0 heterocycles. The van der Waals surface area contributed by atoms with Crippen LogP contribution in [0, 0.1) is 11.8 Å². The number of hydrogen-bond acceptors (Lipinski definition) is 2. The van der Waals surface area contributed by atoms with Gasteiger partial charge in [-0.15, -0.1) is 0 Å². The maximum absolute atomic E-state index is 5.59. The molecule has 2 heteroatoms. The van der Waals surface area contributed by atoms with E-state index in [1.165, 1.54) is 24.8 Å². The van der Waals surface area contributed by atoms with Gasteiger partial charge < -0.3 is 10.5 Å². The Balaban J connectivity index is 2.69. The van der Waals surface area contributed by atoms with Crippen LogP contribution < -0.4 is 5.73 Å². The summed E-state index contributed by atoms with van der Waals surface area (Å²) in [7, 11) is 1.79. The van der Waals surface area contributed by atoms with Gasteiger partial charge in [0.1, 0.15) is 0 Å². The maximum Gasteiger partial charge on any atom is 0.0675 e. The fourth-order valence-corrected chi connectivity index (χ4v) is 2.91. The Bertz CT molecular complexity index is 223. The van der Waals surface area contributed by atoms with E-state index < -0.39 is 0 Å². The fraction of sp³-hybridized carbons (Fsp3) is 0.857. The first-order valence-corrected chi connectivity index (χ1v) is 6.56. The van der Waals surface area contributed by atoms with E-state index in [1.807, 2.05) is 0 Å². The molecule has 1 aliphatic carbocycles. The number of ether oxygens (including phenoxy) is 1. The fourth-order valence-electron chi connectivity index (χ4n) is 2.91. The van der Waals surface area contributed by atoms with Crippen LogP contribution in [0.2, 0.25) is 0 Å². The molecule has 0 bridgehead atoms. The highest BCUT2D eigenvalue weighted by atomic mass is 16.5. The lowest BCUT2D eigenvalue weighted by Crippen LogP contribution is -2.16. The lowest BCUT2D eigenvalue weighted by atomic mass is 9.78. The molecule has 2 nitrogen and oxygen atoms in total. The van der Waals surface area contributed by atoms with Crippen LogP contribution in [0.15, 0.2) is 11.1 Å². The molecule has 2 atom stereocenters. The molecule has 94 valence electrons. The van der Waals surface area contributed by atoms with Crippen molar-refractivity contribution in [1.82, 2.24) is 0 Å². The third-order valence-electron chi connectivity index (χ3n) is 3.50. The predicted molar refractivity (Wildman–Crippen MR) is 69.4 cm³/mol. The highest BCUT2D eigenvalue weighted by molar-refractivity contribution is 5.18. The highest BCUT2D eigenvalue weighted by Crippen LogP contribution is 2.35. The second-order valence-electron chi connectivity index (χ2n) is 5.39. The van der Waals surface area contributed by atoms with Gasteiger partial charge in [-0.05, 0) is 56.1 Å². The molecule has 0 aliphatic heterocycles. The summed E-state index contributed by atoms with van der Waals surface area (Å²) in [6.45, 7) is 6.31. The Morgan fingerprint density at radius 1 is 1.31 bits per heavy atom. The van der Waals surface area contributed by atoms with Gasteiger partial charge in [0.25, 0.3) is 0 Å². The largest absolute Gasteiger partial charge is 0.380 e. The molecule has 1 rings (SSSR count). The van der Waals surface area contributed by atoms with Crippen molar-refractivity contribution in [2.75, 3.05) is 20.3 Å². The van der Waals surface area contributed by atoms with Crippen LogP contribution in [0.1, 0.15) is 46.0 Å². The molecule has 1 aliphatic rings. The van der Waals surface area contributed by atoms with Crippen molar-refractivity contribution < 1.29 is 4.74 Å². The summed E-state index contributed by atoms with van der Waals surface area (Å²) < 4.78 is 5.33. The molecule has 1 saturated carbocycles. The lowest BCUT2D eigenvalue weighted by Gasteiger charge is -2.28. The third kappa shape index (κ3) is 4.26. The van der Waals surface area contributed by atoms with Crippen LogP contribution in [0.4, 0.5) is 0 Å². The van der Waals surface area contributed by atoms with Crippen molar-refractivity contribution in [3.63, 3.8) is 0 Å². The lowest BCUT2D eigenvalue weighted by molar-refractivity contribution is 0.219. The van der Waals surface area contributed by atoms with Crippen LogP contribution in [-0.2, 0) is 4.74 Å². The molecule has 2 unspecified atom stereocenters. The molecule has 1 fully saturated rings. The summed E-state index contributed by atoms with van der Waals surface area (Å²) in [6, 6.07) is 0. The van der Waals surface area contributed by atoms with Crippen molar-refractivity contribution in [2.24, 2.45) is 17.6 Å². The number of nitrogens with two attached hydrogens (primary N) is 1. The van der Waals surface area contributed by atoms with Crippen molar-refractivity contribution >= 4 is 0 Å². The zero-order valence-corrected chi connectivity index (χ0v) is 11.1. The molecule has 16 heavy (non-hydrogen) atoms. The Hall–Kier alpha value is -0.340. The SMILES string of the molecule is COCC(CCCN)=C1CC(C)CC(C)C1. The van der Waals surface area contributed by atoms with Crippen molar-refractivity contribution in [3.05, 3.63) is 11.1 Å². The predicted octanol–water partition coefficient (Wildman–Crippen LogP) is 3.12. The van der Waals surface area contributed by atoms with E-state index in [0.29, 0.717) is 0 Å². The van der Waals surface area contributed by atoms with Crippen molar-refractivity contribution in [2.45, 2.75) is 46.0 Å². The number of allylic oxidation sites excluding steroid dienone is 1. The third-order valence-corrected chi connectivity index (χ3v) is 3.50. The molecule has 0 radical (unpaired) electrons. The summed E-state index contributed by atoms with van der Waals surface area (Å²) in [5.74, 6) is 1.67. The minimum Gasteiger partial charge on any atom is -0.380 e. The standard InChI is InChI=1S/C14H27NO/c1-11-7-12(2)9-14(8-11)13(10-16-3)5-4-6-15/h11-12H,4-10,15H2,1-3H3. The van der Waals surface area contributed by atoms with Gasteiger partial charge in [0.15, 0.2) is 0 Å².